The van der Waals surface area contributed by atoms with E-state index in [0.717, 1.165) is 11.3 Å². The summed E-state index contributed by atoms with van der Waals surface area (Å²) in [6, 6.07) is 11.0. The minimum absolute atomic E-state index is 0.0706. The van der Waals surface area contributed by atoms with Crippen molar-refractivity contribution < 1.29 is 14.3 Å². The van der Waals surface area contributed by atoms with Crippen LogP contribution < -0.4 is 0 Å². The summed E-state index contributed by atoms with van der Waals surface area (Å²) in [6.45, 7) is 0. The number of pyridine rings is 1. The fraction of sp³-hybridized carbons (Fsp3) is 0. The maximum atomic E-state index is 13.3. The Kier molecular flexibility index (Phi) is 3.45. The quantitative estimate of drug-likeness (QED) is 0.801. The van der Waals surface area contributed by atoms with Crippen LogP contribution in [0.5, 0.6) is 0 Å². The van der Waals surface area contributed by atoms with E-state index < -0.39 is 11.8 Å². The molecule has 0 fully saturated rings. The first-order chi connectivity index (χ1) is 10.1. The van der Waals surface area contributed by atoms with Crippen LogP contribution in [0.1, 0.15) is 9.67 Å². The van der Waals surface area contributed by atoms with E-state index in [9.17, 15) is 14.3 Å². The first kappa shape index (κ1) is 13.4. The maximum absolute atomic E-state index is 13.3. The van der Waals surface area contributed by atoms with E-state index in [-0.39, 0.29) is 10.6 Å². The molecule has 0 saturated carbocycles. The number of halogens is 1. The second-order valence-corrected chi connectivity index (χ2v) is 5.23. The zero-order valence-electron chi connectivity index (χ0n) is 10.7. The molecule has 0 atom stereocenters. The number of nitrogens with zero attached hydrogens (tertiary/aromatic N) is 2. The number of benzene rings is 1. The topological polar surface area (TPSA) is 63.1 Å². The summed E-state index contributed by atoms with van der Waals surface area (Å²) in [6.07, 6.45) is 1.61. The molecule has 0 amide bonds. The number of aromatic nitrogens is 2. The van der Waals surface area contributed by atoms with Crippen LogP contribution in [0.15, 0.2) is 48.7 Å². The Labute approximate surface area is 123 Å². The Morgan fingerprint density at radius 2 is 2.05 bits per heavy atom. The Morgan fingerprint density at radius 1 is 1.19 bits per heavy atom. The number of carboxylic acids is 1. The van der Waals surface area contributed by atoms with E-state index in [1.165, 1.54) is 18.2 Å². The van der Waals surface area contributed by atoms with Crippen LogP contribution in [0.3, 0.4) is 0 Å². The van der Waals surface area contributed by atoms with Crippen LogP contribution in [0.25, 0.3) is 22.0 Å². The van der Waals surface area contributed by atoms with Crippen LogP contribution >= 0.6 is 11.3 Å². The minimum atomic E-state index is -1.09. The second-order valence-electron chi connectivity index (χ2n) is 4.23. The van der Waals surface area contributed by atoms with Crippen molar-refractivity contribution in [2.75, 3.05) is 0 Å². The van der Waals surface area contributed by atoms with Gasteiger partial charge in [0.15, 0.2) is 0 Å². The van der Waals surface area contributed by atoms with Crippen molar-refractivity contribution in [2.45, 2.75) is 0 Å². The zero-order chi connectivity index (χ0) is 14.8. The van der Waals surface area contributed by atoms with Gasteiger partial charge < -0.3 is 5.11 Å². The van der Waals surface area contributed by atoms with Crippen molar-refractivity contribution in [3.8, 4) is 22.0 Å². The average Bonchev–Trinajstić information content (AvgIpc) is 2.93. The van der Waals surface area contributed by atoms with Crippen molar-refractivity contribution in [1.29, 1.82) is 0 Å². The van der Waals surface area contributed by atoms with Crippen molar-refractivity contribution in [2.24, 2.45) is 0 Å². The first-order valence-electron chi connectivity index (χ1n) is 6.06. The van der Waals surface area contributed by atoms with Gasteiger partial charge in [-0.15, -0.1) is 11.3 Å². The van der Waals surface area contributed by atoms with E-state index in [1.807, 2.05) is 0 Å². The van der Waals surface area contributed by atoms with E-state index >= 15 is 0 Å². The highest BCUT2D eigenvalue weighted by Gasteiger charge is 2.20. The number of rotatable bonds is 3. The first-order valence-corrected chi connectivity index (χ1v) is 6.88. The molecule has 6 heteroatoms. The Balaban J connectivity index is 2.16. The summed E-state index contributed by atoms with van der Waals surface area (Å²) in [4.78, 5) is 19.9. The van der Waals surface area contributed by atoms with Gasteiger partial charge >= 0.3 is 5.97 Å². The number of carboxylic acid groups (broad SMARTS) is 1. The maximum Gasteiger partial charge on any atom is 0.348 e. The van der Waals surface area contributed by atoms with Gasteiger partial charge in [0.25, 0.3) is 0 Å². The molecule has 2 aromatic heterocycles. The lowest BCUT2D eigenvalue weighted by molar-refractivity contribution is 0.0702. The molecule has 0 unspecified atom stereocenters. The van der Waals surface area contributed by atoms with Crippen LogP contribution in [0.4, 0.5) is 4.39 Å². The van der Waals surface area contributed by atoms with E-state index in [4.69, 9.17) is 0 Å². The van der Waals surface area contributed by atoms with Gasteiger partial charge in [-0.25, -0.2) is 14.2 Å². The minimum Gasteiger partial charge on any atom is -0.477 e. The van der Waals surface area contributed by atoms with Gasteiger partial charge in [-0.2, -0.15) is 0 Å². The molecule has 1 N–H and O–H groups in total. The summed E-state index contributed by atoms with van der Waals surface area (Å²) < 4.78 is 13.3. The van der Waals surface area contributed by atoms with Gasteiger partial charge in [-0.05, 0) is 24.3 Å². The van der Waals surface area contributed by atoms with Crippen molar-refractivity contribution in [1.82, 2.24) is 9.97 Å². The molecule has 4 nitrogen and oxygen atoms in total. The van der Waals surface area contributed by atoms with Gasteiger partial charge in [0, 0.05) is 11.8 Å². The molecule has 0 saturated heterocycles. The lowest BCUT2D eigenvalue weighted by Gasteiger charge is -1.98. The molecule has 0 aliphatic carbocycles. The standard InChI is InChI=1S/C15H9FN2O2S/c16-10-5-3-4-9(8-10)12-13(15(19)20)21-14(18-12)11-6-1-2-7-17-11/h1-8H,(H,19,20). The third-order valence-electron chi connectivity index (χ3n) is 2.80. The highest BCUT2D eigenvalue weighted by Crippen LogP contribution is 2.33. The lowest BCUT2D eigenvalue weighted by Crippen LogP contribution is -1.95. The van der Waals surface area contributed by atoms with Gasteiger partial charge in [0.05, 0.1) is 11.4 Å². The Morgan fingerprint density at radius 3 is 2.71 bits per heavy atom. The molecule has 3 aromatic rings. The number of carbonyl (C=O) groups is 1. The predicted molar refractivity (Wildman–Crippen MR) is 77.7 cm³/mol. The monoisotopic (exact) mass is 300 g/mol. The largest absolute Gasteiger partial charge is 0.477 e. The highest BCUT2D eigenvalue weighted by atomic mass is 32.1. The van der Waals surface area contributed by atoms with Crippen molar-refractivity contribution >= 4 is 17.3 Å². The van der Waals surface area contributed by atoms with Crippen LogP contribution in [0, 0.1) is 5.82 Å². The summed E-state index contributed by atoms with van der Waals surface area (Å²) in [7, 11) is 0. The van der Waals surface area contributed by atoms with Crippen LogP contribution in [-0.4, -0.2) is 21.0 Å². The van der Waals surface area contributed by atoms with E-state index in [2.05, 4.69) is 9.97 Å². The number of thiazole rings is 1. The molecule has 3 rings (SSSR count). The van der Waals surface area contributed by atoms with E-state index in [0.29, 0.717) is 16.3 Å². The Bertz CT molecular complexity index is 802. The third-order valence-corrected chi connectivity index (χ3v) is 3.87. The van der Waals surface area contributed by atoms with Gasteiger partial charge in [-0.3, -0.25) is 4.98 Å². The molecule has 0 spiro atoms. The van der Waals surface area contributed by atoms with Gasteiger partial charge in [-0.1, -0.05) is 18.2 Å². The van der Waals surface area contributed by atoms with Crippen LogP contribution in [0.2, 0.25) is 0 Å². The Hall–Kier alpha value is -2.60. The molecule has 0 bridgehead atoms. The highest BCUT2D eigenvalue weighted by molar-refractivity contribution is 7.17. The SMILES string of the molecule is O=C(O)c1sc(-c2ccccn2)nc1-c1cccc(F)c1. The number of hydrogen-bond acceptors (Lipinski definition) is 4. The zero-order valence-corrected chi connectivity index (χ0v) is 11.5. The molecule has 21 heavy (non-hydrogen) atoms. The molecule has 0 aliphatic heterocycles. The van der Waals surface area contributed by atoms with E-state index in [1.54, 1.807) is 30.5 Å². The molecule has 104 valence electrons. The summed E-state index contributed by atoms with van der Waals surface area (Å²) in [5.41, 5.74) is 1.28. The van der Waals surface area contributed by atoms with Crippen molar-refractivity contribution in [3.05, 3.63) is 59.4 Å². The van der Waals surface area contributed by atoms with Crippen molar-refractivity contribution in [3.63, 3.8) is 0 Å². The van der Waals surface area contributed by atoms with Gasteiger partial charge in [0.1, 0.15) is 15.7 Å². The third kappa shape index (κ3) is 2.66. The second kappa shape index (κ2) is 5.41. The molecular formula is C15H9FN2O2S. The number of aromatic carboxylic acids is 1. The summed E-state index contributed by atoms with van der Waals surface area (Å²) in [5, 5.41) is 9.81. The predicted octanol–water partition coefficient (Wildman–Crippen LogP) is 3.71. The normalized spacial score (nSPS) is 10.5. The molecular weight excluding hydrogens is 291 g/mol. The smallest absolute Gasteiger partial charge is 0.348 e. The molecule has 0 aliphatic rings. The fourth-order valence-corrected chi connectivity index (χ4v) is 2.80. The average molecular weight is 300 g/mol. The molecule has 0 radical (unpaired) electrons. The number of hydrogen-bond donors (Lipinski definition) is 1. The van der Waals surface area contributed by atoms with Gasteiger partial charge in [0.2, 0.25) is 0 Å². The van der Waals surface area contributed by atoms with Crippen LogP contribution in [-0.2, 0) is 0 Å². The molecule has 2 heterocycles. The summed E-state index contributed by atoms with van der Waals surface area (Å²) in [5.74, 6) is -1.52. The summed E-state index contributed by atoms with van der Waals surface area (Å²) >= 11 is 1.03. The fourth-order valence-electron chi connectivity index (χ4n) is 1.90. The molecule has 1 aromatic carbocycles. The lowest BCUT2D eigenvalue weighted by atomic mass is 10.1.